The number of benzene rings is 1. The molecule has 0 saturated carbocycles. The predicted molar refractivity (Wildman–Crippen MR) is 101 cm³/mol. The molecule has 2 heterocycles. The van der Waals surface area contributed by atoms with Crippen molar-refractivity contribution in [2.75, 3.05) is 6.61 Å². The molecule has 0 bridgehead atoms. The van der Waals surface area contributed by atoms with E-state index in [0.717, 1.165) is 20.5 Å². The number of pyridine rings is 1. The van der Waals surface area contributed by atoms with Gasteiger partial charge in [0.05, 0.1) is 22.4 Å². The molecule has 3 aromatic rings. The highest BCUT2D eigenvalue weighted by Gasteiger charge is 2.16. The van der Waals surface area contributed by atoms with Crippen LogP contribution in [0.4, 0.5) is 5.13 Å². The monoisotopic (exact) mass is 368 g/mol. The number of aromatic hydroxyl groups is 1. The summed E-state index contributed by atoms with van der Waals surface area (Å²) in [4.78, 5) is 20.7. The van der Waals surface area contributed by atoms with Gasteiger partial charge in [-0.3, -0.25) is 9.36 Å². The van der Waals surface area contributed by atoms with Crippen molar-refractivity contribution in [2.45, 2.75) is 13.8 Å². The molecule has 0 spiro atoms. The maximum Gasteiger partial charge on any atom is 0.271 e. The van der Waals surface area contributed by atoms with Crippen molar-refractivity contribution >= 4 is 32.9 Å². The third kappa shape index (κ3) is 3.05. The second-order valence-corrected chi connectivity index (χ2v) is 6.54. The van der Waals surface area contributed by atoms with Gasteiger partial charge in [0.25, 0.3) is 5.56 Å². The zero-order valence-corrected chi connectivity index (χ0v) is 15.3. The minimum atomic E-state index is -0.539. The average molecular weight is 368 g/mol. The van der Waals surface area contributed by atoms with Gasteiger partial charge in [-0.1, -0.05) is 11.3 Å². The molecular weight excluding hydrogens is 352 g/mol. The lowest BCUT2D eigenvalue weighted by atomic mass is 10.1. The summed E-state index contributed by atoms with van der Waals surface area (Å²) in [6.45, 7) is 4.11. The summed E-state index contributed by atoms with van der Waals surface area (Å²) >= 11 is 1.38. The summed E-state index contributed by atoms with van der Waals surface area (Å²) in [6, 6.07) is 7.49. The van der Waals surface area contributed by atoms with E-state index >= 15 is 0 Å². The Kier molecular flexibility index (Phi) is 4.73. The van der Waals surface area contributed by atoms with E-state index in [9.17, 15) is 15.2 Å². The van der Waals surface area contributed by atoms with E-state index in [1.165, 1.54) is 24.6 Å². The number of thiazole rings is 1. The highest BCUT2D eigenvalue weighted by Crippen LogP contribution is 2.31. The van der Waals surface area contributed by atoms with Gasteiger partial charge in [-0.15, -0.1) is 0 Å². The molecule has 3 rings (SSSR count). The molecule has 0 unspecified atom stereocenters. The topological polar surface area (TPSA) is 101 Å². The fraction of sp³-hybridized carbons (Fsp3) is 0.222. The molecule has 0 saturated heterocycles. The van der Waals surface area contributed by atoms with Crippen LogP contribution in [0.25, 0.3) is 10.2 Å². The van der Waals surface area contributed by atoms with E-state index < -0.39 is 5.56 Å². The number of nitrogens with zero attached hydrogens (tertiary/aromatic N) is 4. The van der Waals surface area contributed by atoms with E-state index in [4.69, 9.17) is 4.74 Å². The molecule has 0 atom stereocenters. The van der Waals surface area contributed by atoms with Gasteiger partial charge in [0.15, 0.2) is 0 Å². The highest BCUT2D eigenvalue weighted by molar-refractivity contribution is 7.22. The Labute approximate surface area is 153 Å². The van der Waals surface area contributed by atoms with Gasteiger partial charge in [0.2, 0.25) is 11.0 Å². The van der Waals surface area contributed by atoms with E-state index in [1.54, 1.807) is 6.92 Å². The minimum Gasteiger partial charge on any atom is -0.494 e. The number of hydrogen-bond donors (Lipinski definition) is 1. The summed E-state index contributed by atoms with van der Waals surface area (Å²) in [5.74, 6) is 0.527. The van der Waals surface area contributed by atoms with Gasteiger partial charge in [-0.25, -0.2) is 9.98 Å². The largest absolute Gasteiger partial charge is 0.494 e. The fourth-order valence-electron chi connectivity index (χ4n) is 2.52. The Morgan fingerprint density at radius 2 is 2.27 bits per heavy atom. The molecule has 0 radical (unpaired) electrons. The zero-order chi connectivity index (χ0) is 18.8. The third-order valence-electron chi connectivity index (χ3n) is 3.93. The number of aromatic nitrogens is 2. The quantitative estimate of drug-likeness (QED) is 0.714. The summed E-state index contributed by atoms with van der Waals surface area (Å²) in [6.07, 6.45) is 1.42. The van der Waals surface area contributed by atoms with Crippen LogP contribution < -0.4 is 10.3 Å². The minimum absolute atomic E-state index is 0.0163. The molecule has 0 aliphatic heterocycles. The first-order valence-corrected chi connectivity index (χ1v) is 8.68. The Balaban J connectivity index is 2.03. The van der Waals surface area contributed by atoms with Crippen LogP contribution in [-0.4, -0.2) is 27.5 Å². The lowest BCUT2D eigenvalue weighted by molar-refractivity contribution is 0.341. The van der Waals surface area contributed by atoms with Crippen molar-refractivity contribution < 1.29 is 9.84 Å². The zero-order valence-electron chi connectivity index (χ0n) is 14.5. The SMILES string of the molecule is CCOc1ccc2nc(/N=C/c3c(C)c(C#N)c(=O)n(C)c3O)sc2c1. The molecular formula is C18H16N4O3S. The highest BCUT2D eigenvalue weighted by atomic mass is 32.1. The fourth-order valence-corrected chi connectivity index (χ4v) is 3.36. The molecule has 2 aromatic heterocycles. The van der Waals surface area contributed by atoms with Gasteiger partial charge in [0.1, 0.15) is 17.4 Å². The summed E-state index contributed by atoms with van der Waals surface area (Å²) in [5.41, 5.74) is 0.944. The van der Waals surface area contributed by atoms with Crippen LogP contribution in [0.3, 0.4) is 0 Å². The second kappa shape index (κ2) is 6.98. The first-order chi connectivity index (χ1) is 12.5. The lowest BCUT2D eigenvalue weighted by Crippen LogP contribution is -2.22. The molecule has 0 fully saturated rings. The van der Waals surface area contributed by atoms with Crippen molar-refractivity contribution in [3.05, 3.63) is 45.2 Å². The van der Waals surface area contributed by atoms with Crippen molar-refractivity contribution in [1.29, 1.82) is 5.26 Å². The number of nitriles is 1. The molecule has 8 heteroatoms. The predicted octanol–water partition coefficient (Wildman–Crippen LogP) is 3.03. The number of ether oxygens (including phenoxy) is 1. The van der Waals surface area contributed by atoms with Gasteiger partial charge < -0.3 is 9.84 Å². The Hall–Kier alpha value is -3.18. The van der Waals surface area contributed by atoms with Crippen LogP contribution in [0, 0.1) is 18.3 Å². The molecule has 0 aliphatic rings. The Morgan fingerprint density at radius 1 is 1.50 bits per heavy atom. The normalized spacial score (nSPS) is 11.2. The van der Waals surface area contributed by atoms with Crippen LogP contribution in [-0.2, 0) is 7.05 Å². The van der Waals surface area contributed by atoms with Gasteiger partial charge in [-0.2, -0.15) is 5.26 Å². The van der Waals surface area contributed by atoms with Crippen LogP contribution >= 0.6 is 11.3 Å². The van der Waals surface area contributed by atoms with Crippen molar-refractivity contribution in [1.82, 2.24) is 9.55 Å². The van der Waals surface area contributed by atoms with Crippen molar-refractivity contribution in [3.63, 3.8) is 0 Å². The number of rotatable bonds is 4. The molecule has 7 nitrogen and oxygen atoms in total. The first-order valence-electron chi connectivity index (χ1n) is 7.86. The molecule has 1 aromatic carbocycles. The first kappa shape index (κ1) is 17.6. The van der Waals surface area contributed by atoms with Gasteiger partial charge in [0, 0.05) is 13.3 Å². The summed E-state index contributed by atoms with van der Waals surface area (Å²) < 4.78 is 7.44. The average Bonchev–Trinajstić information content (AvgIpc) is 3.03. The lowest BCUT2D eigenvalue weighted by Gasteiger charge is -2.09. The second-order valence-electron chi connectivity index (χ2n) is 5.53. The smallest absolute Gasteiger partial charge is 0.271 e. The molecule has 0 amide bonds. The maximum absolute atomic E-state index is 12.0. The Morgan fingerprint density at radius 3 is 2.96 bits per heavy atom. The molecule has 0 aliphatic carbocycles. The third-order valence-corrected chi connectivity index (χ3v) is 4.86. The molecule has 132 valence electrons. The van der Waals surface area contributed by atoms with Crippen LogP contribution in [0.2, 0.25) is 0 Å². The Bertz CT molecular complexity index is 1120. The molecule has 26 heavy (non-hydrogen) atoms. The van der Waals surface area contributed by atoms with Crippen LogP contribution in [0.5, 0.6) is 11.6 Å². The van der Waals surface area contributed by atoms with E-state index in [-0.39, 0.29) is 11.4 Å². The van der Waals surface area contributed by atoms with Crippen LogP contribution in [0.1, 0.15) is 23.6 Å². The van der Waals surface area contributed by atoms with Gasteiger partial charge in [-0.05, 0) is 37.6 Å². The number of aliphatic imine (C=N–C) groups is 1. The number of fused-ring (bicyclic) bond motifs is 1. The van der Waals surface area contributed by atoms with Crippen molar-refractivity contribution in [3.8, 4) is 17.7 Å². The summed E-state index contributed by atoms with van der Waals surface area (Å²) in [7, 11) is 1.40. The van der Waals surface area contributed by atoms with E-state index in [0.29, 0.717) is 22.9 Å². The standard InChI is InChI=1S/C18H16N4O3S/c1-4-25-11-5-6-14-15(7-11)26-18(21-14)20-9-13-10(2)12(8-19)16(23)22(3)17(13)24/h5-7,9,24H,4H2,1-3H3/b20-9+. The number of hydrogen-bond acceptors (Lipinski definition) is 7. The van der Waals surface area contributed by atoms with Gasteiger partial charge >= 0.3 is 0 Å². The van der Waals surface area contributed by atoms with Crippen molar-refractivity contribution in [2.24, 2.45) is 12.0 Å². The molecule has 1 N–H and O–H groups in total. The van der Waals surface area contributed by atoms with Crippen LogP contribution in [0.15, 0.2) is 28.0 Å². The van der Waals surface area contributed by atoms with E-state index in [2.05, 4.69) is 9.98 Å². The maximum atomic E-state index is 12.0. The van der Waals surface area contributed by atoms with E-state index in [1.807, 2.05) is 31.2 Å². The summed E-state index contributed by atoms with van der Waals surface area (Å²) in [5, 5.41) is 19.9.